The van der Waals surface area contributed by atoms with E-state index in [1.165, 1.54) is 31.8 Å². The molecule has 0 bridgehead atoms. The molecule has 0 fully saturated rings. The fourth-order valence-electron chi connectivity index (χ4n) is 1.12. The van der Waals surface area contributed by atoms with Crippen molar-refractivity contribution in [3.63, 3.8) is 0 Å². The molecule has 0 spiro atoms. The largest absolute Gasteiger partial charge is 0.464 e. The number of nitrogens with zero attached hydrogens (tertiary/aromatic N) is 3. The first-order chi connectivity index (χ1) is 8.29. The SMILES string of the molecule is COC(=O)c1ccc(Oc2cnccn2)cn1. The smallest absolute Gasteiger partial charge is 0.356 e. The number of methoxy groups -OCH3 is 1. The maximum Gasteiger partial charge on any atom is 0.356 e. The van der Waals surface area contributed by atoms with Crippen molar-refractivity contribution in [1.82, 2.24) is 15.0 Å². The quantitative estimate of drug-likeness (QED) is 0.744. The molecule has 0 aliphatic rings. The Morgan fingerprint density at radius 2 is 2.06 bits per heavy atom. The Balaban J connectivity index is 2.11. The van der Waals surface area contributed by atoms with E-state index in [4.69, 9.17) is 4.74 Å². The highest BCUT2D eigenvalue weighted by Gasteiger charge is 2.07. The molecule has 17 heavy (non-hydrogen) atoms. The fourth-order valence-corrected chi connectivity index (χ4v) is 1.12. The summed E-state index contributed by atoms with van der Waals surface area (Å²) in [7, 11) is 1.30. The molecule has 0 atom stereocenters. The third kappa shape index (κ3) is 2.75. The second-order valence-electron chi connectivity index (χ2n) is 3.02. The van der Waals surface area contributed by atoms with E-state index in [1.54, 1.807) is 12.3 Å². The Bertz CT molecular complexity index is 499. The summed E-state index contributed by atoms with van der Waals surface area (Å²) < 4.78 is 9.89. The standard InChI is InChI=1S/C11H9N3O3/c1-16-11(15)9-3-2-8(6-14-9)17-10-7-12-4-5-13-10/h2-7H,1H3. The lowest BCUT2D eigenvalue weighted by atomic mass is 10.3. The Kier molecular flexibility index (Phi) is 3.25. The molecule has 0 aliphatic carbocycles. The number of carbonyl (C=O) groups excluding carboxylic acids is 1. The Morgan fingerprint density at radius 1 is 1.18 bits per heavy atom. The van der Waals surface area contributed by atoms with Crippen molar-refractivity contribution in [2.75, 3.05) is 7.11 Å². The van der Waals surface area contributed by atoms with Crippen LogP contribution in [0.5, 0.6) is 11.6 Å². The van der Waals surface area contributed by atoms with E-state index in [1.807, 2.05) is 0 Å². The average Bonchev–Trinajstić information content (AvgIpc) is 2.40. The van der Waals surface area contributed by atoms with Gasteiger partial charge in [-0.25, -0.2) is 14.8 Å². The first kappa shape index (κ1) is 11.0. The summed E-state index contributed by atoms with van der Waals surface area (Å²) in [5.41, 5.74) is 0.221. The molecule has 86 valence electrons. The van der Waals surface area contributed by atoms with Crippen LogP contribution in [0.25, 0.3) is 0 Å². The molecule has 0 amide bonds. The van der Waals surface area contributed by atoms with Crippen molar-refractivity contribution < 1.29 is 14.3 Å². The van der Waals surface area contributed by atoms with Crippen LogP contribution in [0.1, 0.15) is 10.5 Å². The van der Waals surface area contributed by atoms with Gasteiger partial charge in [-0.1, -0.05) is 0 Å². The first-order valence-electron chi connectivity index (χ1n) is 4.78. The van der Waals surface area contributed by atoms with Gasteiger partial charge in [0.15, 0.2) is 0 Å². The van der Waals surface area contributed by atoms with Gasteiger partial charge < -0.3 is 9.47 Å². The second kappa shape index (κ2) is 5.02. The molecule has 2 aromatic rings. The van der Waals surface area contributed by atoms with Crippen LogP contribution in [-0.2, 0) is 4.74 Å². The number of hydrogen-bond donors (Lipinski definition) is 0. The summed E-state index contributed by atoms with van der Waals surface area (Å²) in [6.45, 7) is 0. The lowest BCUT2D eigenvalue weighted by Gasteiger charge is -2.03. The van der Waals surface area contributed by atoms with Crippen molar-refractivity contribution in [2.24, 2.45) is 0 Å². The van der Waals surface area contributed by atoms with E-state index >= 15 is 0 Å². The summed E-state index contributed by atoms with van der Waals surface area (Å²) in [5.74, 6) is 0.342. The van der Waals surface area contributed by atoms with Gasteiger partial charge in [0.05, 0.1) is 19.5 Å². The van der Waals surface area contributed by atoms with Crippen molar-refractivity contribution >= 4 is 5.97 Å². The van der Waals surface area contributed by atoms with Crippen LogP contribution in [0.4, 0.5) is 0 Å². The summed E-state index contributed by atoms with van der Waals surface area (Å²) in [4.78, 5) is 22.8. The molecule has 0 aromatic carbocycles. The van der Waals surface area contributed by atoms with Gasteiger partial charge in [-0.15, -0.1) is 0 Å². The van der Waals surface area contributed by atoms with Gasteiger partial charge in [-0.3, -0.25) is 4.98 Å². The highest BCUT2D eigenvalue weighted by Crippen LogP contribution is 2.16. The van der Waals surface area contributed by atoms with E-state index in [0.717, 1.165) is 0 Å². The van der Waals surface area contributed by atoms with Crippen LogP contribution >= 0.6 is 0 Å². The van der Waals surface area contributed by atoms with E-state index in [0.29, 0.717) is 11.6 Å². The fraction of sp³-hybridized carbons (Fsp3) is 0.0909. The Labute approximate surface area is 97.3 Å². The van der Waals surface area contributed by atoms with E-state index in [9.17, 15) is 4.79 Å². The molecule has 2 heterocycles. The number of ether oxygens (including phenoxy) is 2. The molecule has 0 unspecified atom stereocenters. The number of esters is 1. The van der Waals surface area contributed by atoms with Crippen LogP contribution < -0.4 is 4.74 Å². The summed E-state index contributed by atoms with van der Waals surface area (Å²) in [5, 5.41) is 0. The highest BCUT2D eigenvalue weighted by molar-refractivity contribution is 5.87. The monoisotopic (exact) mass is 231 g/mol. The van der Waals surface area contributed by atoms with Gasteiger partial charge in [0.2, 0.25) is 5.88 Å². The van der Waals surface area contributed by atoms with Crippen molar-refractivity contribution in [2.45, 2.75) is 0 Å². The van der Waals surface area contributed by atoms with Crippen molar-refractivity contribution in [3.8, 4) is 11.6 Å². The molecule has 6 nitrogen and oxygen atoms in total. The van der Waals surface area contributed by atoms with Crippen LogP contribution in [0.2, 0.25) is 0 Å². The number of pyridine rings is 1. The number of rotatable bonds is 3. The highest BCUT2D eigenvalue weighted by atomic mass is 16.5. The molecule has 2 aromatic heterocycles. The summed E-state index contributed by atoms with van der Waals surface area (Å²) in [6, 6.07) is 3.12. The predicted octanol–water partition coefficient (Wildman–Crippen LogP) is 1.45. The normalized spacial score (nSPS) is 9.71. The second-order valence-corrected chi connectivity index (χ2v) is 3.02. The molecular formula is C11H9N3O3. The van der Waals surface area contributed by atoms with Gasteiger partial charge in [0.1, 0.15) is 11.4 Å². The first-order valence-corrected chi connectivity index (χ1v) is 4.78. The molecule has 0 saturated carbocycles. The Morgan fingerprint density at radius 3 is 2.65 bits per heavy atom. The zero-order valence-corrected chi connectivity index (χ0v) is 9.03. The molecule has 0 radical (unpaired) electrons. The topological polar surface area (TPSA) is 74.2 Å². The van der Waals surface area contributed by atoms with Crippen LogP contribution in [0.3, 0.4) is 0 Å². The lowest BCUT2D eigenvalue weighted by molar-refractivity contribution is 0.0594. The maximum atomic E-state index is 11.1. The third-order valence-electron chi connectivity index (χ3n) is 1.89. The van der Waals surface area contributed by atoms with Gasteiger partial charge in [-0.2, -0.15) is 0 Å². The minimum absolute atomic E-state index is 0.221. The van der Waals surface area contributed by atoms with E-state index in [-0.39, 0.29) is 5.69 Å². The van der Waals surface area contributed by atoms with Gasteiger partial charge >= 0.3 is 5.97 Å². The zero-order valence-electron chi connectivity index (χ0n) is 9.03. The lowest BCUT2D eigenvalue weighted by Crippen LogP contribution is -2.03. The number of aromatic nitrogens is 3. The average molecular weight is 231 g/mol. The van der Waals surface area contributed by atoms with Crippen LogP contribution in [0, 0.1) is 0 Å². The Hall–Kier alpha value is -2.50. The predicted molar refractivity (Wildman–Crippen MR) is 57.7 cm³/mol. The van der Waals surface area contributed by atoms with Crippen LogP contribution in [-0.4, -0.2) is 28.0 Å². The maximum absolute atomic E-state index is 11.1. The molecule has 2 rings (SSSR count). The summed E-state index contributed by atoms with van der Waals surface area (Å²) >= 11 is 0. The van der Waals surface area contributed by atoms with E-state index in [2.05, 4.69) is 19.7 Å². The van der Waals surface area contributed by atoms with E-state index < -0.39 is 5.97 Å². The van der Waals surface area contributed by atoms with Gasteiger partial charge in [0, 0.05) is 12.4 Å². The third-order valence-corrected chi connectivity index (χ3v) is 1.89. The summed E-state index contributed by atoms with van der Waals surface area (Å²) in [6.07, 6.45) is 5.96. The van der Waals surface area contributed by atoms with Gasteiger partial charge in [-0.05, 0) is 12.1 Å². The molecule has 0 N–H and O–H groups in total. The number of hydrogen-bond acceptors (Lipinski definition) is 6. The number of carbonyl (C=O) groups is 1. The van der Waals surface area contributed by atoms with Gasteiger partial charge in [0.25, 0.3) is 0 Å². The molecule has 0 aliphatic heterocycles. The minimum atomic E-state index is -0.490. The zero-order chi connectivity index (χ0) is 12.1. The van der Waals surface area contributed by atoms with Crippen molar-refractivity contribution in [1.29, 1.82) is 0 Å². The molecule has 0 saturated heterocycles. The molecular weight excluding hydrogens is 222 g/mol. The van der Waals surface area contributed by atoms with Crippen molar-refractivity contribution in [3.05, 3.63) is 42.6 Å². The molecule has 6 heteroatoms. The van der Waals surface area contributed by atoms with Crippen LogP contribution in [0.15, 0.2) is 36.9 Å². The minimum Gasteiger partial charge on any atom is -0.464 e.